The van der Waals surface area contributed by atoms with Crippen LogP contribution in [0.5, 0.6) is 0 Å². The fraction of sp³-hybridized carbons (Fsp3) is 0.600. The van der Waals surface area contributed by atoms with E-state index in [1.807, 2.05) is 6.07 Å². The molecule has 0 saturated heterocycles. The zero-order valence-electron chi connectivity index (χ0n) is 11.1. The third-order valence-corrected chi connectivity index (χ3v) is 5.45. The molecular weight excluding hydrogens is 199 g/mol. The minimum atomic E-state index is -0.125. The highest BCUT2D eigenvalue weighted by molar-refractivity contribution is 5.48. The van der Waals surface area contributed by atoms with Crippen molar-refractivity contribution in [2.24, 2.45) is 5.41 Å². The van der Waals surface area contributed by atoms with E-state index in [0.29, 0.717) is 0 Å². The van der Waals surface area contributed by atoms with Crippen LogP contribution in [0, 0.1) is 11.2 Å². The van der Waals surface area contributed by atoms with Crippen molar-refractivity contribution in [1.82, 2.24) is 0 Å². The first kappa shape index (κ1) is 11.6. The Morgan fingerprint density at radius 3 is 1.88 bits per heavy atom. The second-order valence-corrected chi connectivity index (χ2v) is 6.56. The average Bonchev–Trinajstić information content (AvgIpc) is 2.24. The molecule has 1 aliphatic rings. The molecule has 0 amide bonds. The third-order valence-electron chi connectivity index (χ3n) is 5.45. The maximum Gasteiger partial charge on any atom is 0.123 e. The molecule has 0 atom stereocenters. The summed E-state index contributed by atoms with van der Waals surface area (Å²) in [5, 5.41) is 0. The van der Waals surface area contributed by atoms with Gasteiger partial charge in [-0.3, -0.25) is 0 Å². The lowest BCUT2D eigenvalue weighted by Crippen LogP contribution is -2.42. The first-order chi connectivity index (χ1) is 7.12. The van der Waals surface area contributed by atoms with Crippen molar-refractivity contribution in [2.45, 2.75) is 52.4 Å². The van der Waals surface area contributed by atoms with E-state index < -0.39 is 0 Å². The summed E-state index contributed by atoms with van der Waals surface area (Å²) in [6.45, 7) is 13.5. The van der Waals surface area contributed by atoms with Gasteiger partial charge in [0.15, 0.2) is 0 Å². The highest BCUT2D eigenvalue weighted by atomic mass is 19.1. The van der Waals surface area contributed by atoms with Crippen molar-refractivity contribution >= 4 is 0 Å². The Kier molecular flexibility index (Phi) is 2.09. The van der Waals surface area contributed by atoms with E-state index in [1.54, 1.807) is 12.1 Å². The van der Waals surface area contributed by atoms with Gasteiger partial charge in [-0.15, -0.1) is 0 Å². The molecule has 88 valence electrons. The molecule has 0 unspecified atom stereocenters. The molecule has 0 radical (unpaired) electrons. The van der Waals surface area contributed by atoms with Gasteiger partial charge in [-0.1, -0.05) is 47.6 Å². The number of benzene rings is 1. The van der Waals surface area contributed by atoms with E-state index in [-0.39, 0.29) is 22.1 Å². The summed E-state index contributed by atoms with van der Waals surface area (Å²) < 4.78 is 13.4. The van der Waals surface area contributed by atoms with E-state index in [4.69, 9.17) is 0 Å². The Bertz CT molecular complexity index is 439. The van der Waals surface area contributed by atoms with Crippen LogP contribution in [0.4, 0.5) is 4.39 Å². The van der Waals surface area contributed by atoms with Gasteiger partial charge in [0.2, 0.25) is 0 Å². The maximum absolute atomic E-state index is 13.4. The van der Waals surface area contributed by atoms with Crippen LogP contribution < -0.4 is 0 Å². The zero-order chi connectivity index (χ0) is 12.4. The summed E-state index contributed by atoms with van der Waals surface area (Å²) in [4.78, 5) is 0. The van der Waals surface area contributed by atoms with Crippen molar-refractivity contribution in [2.75, 3.05) is 0 Å². The molecule has 0 nitrogen and oxygen atoms in total. The average molecular weight is 220 g/mol. The lowest BCUT2D eigenvalue weighted by Gasteiger charge is -2.44. The van der Waals surface area contributed by atoms with Crippen molar-refractivity contribution in [3.63, 3.8) is 0 Å². The molecule has 1 aromatic carbocycles. The highest BCUT2D eigenvalue weighted by Gasteiger charge is 2.56. The number of hydrogen-bond donors (Lipinski definition) is 0. The Hall–Kier alpha value is -0.850. The molecule has 1 aromatic rings. The van der Waals surface area contributed by atoms with Crippen LogP contribution in [0.25, 0.3) is 0 Å². The van der Waals surface area contributed by atoms with Crippen molar-refractivity contribution in [3.8, 4) is 0 Å². The summed E-state index contributed by atoms with van der Waals surface area (Å²) in [5.41, 5.74) is 2.68. The largest absolute Gasteiger partial charge is 0.207 e. The smallest absolute Gasteiger partial charge is 0.123 e. The second-order valence-electron chi connectivity index (χ2n) is 6.56. The minimum Gasteiger partial charge on any atom is -0.207 e. The SMILES string of the molecule is CC1(C)c2ccc(F)cc2C(C)(C)C1(C)C. The molecule has 0 aliphatic heterocycles. The quantitative estimate of drug-likeness (QED) is 0.607. The van der Waals surface area contributed by atoms with Gasteiger partial charge in [0, 0.05) is 0 Å². The van der Waals surface area contributed by atoms with E-state index >= 15 is 0 Å². The molecule has 0 fully saturated rings. The van der Waals surface area contributed by atoms with Crippen LogP contribution in [0.1, 0.15) is 52.7 Å². The fourth-order valence-electron chi connectivity index (χ4n) is 3.03. The number of hydrogen-bond acceptors (Lipinski definition) is 0. The topological polar surface area (TPSA) is 0 Å². The van der Waals surface area contributed by atoms with Crippen LogP contribution >= 0.6 is 0 Å². The first-order valence-corrected chi connectivity index (χ1v) is 5.93. The Balaban J connectivity index is 2.79. The molecule has 0 saturated carbocycles. The van der Waals surface area contributed by atoms with Gasteiger partial charge in [0.25, 0.3) is 0 Å². The molecule has 0 N–H and O–H groups in total. The predicted molar refractivity (Wildman–Crippen MR) is 66.2 cm³/mol. The highest BCUT2D eigenvalue weighted by Crippen LogP contribution is 2.61. The summed E-state index contributed by atoms with van der Waals surface area (Å²) >= 11 is 0. The molecule has 0 bridgehead atoms. The van der Waals surface area contributed by atoms with Crippen molar-refractivity contribution < 1.29 is 4.39 Å². The van der Waals surface area contributed by atoms with E-state index in [9.17, 15) is 4.39 Å². The number of halogens is 1. The van der Waals surface area contributed by atoms with E-state index in [2.05, 4.69) is 41.5 Å². The van der Waals surface area contributed by atoms with Gasteiger partial charge in [-0.05, 0) is 39.5 Å². The molecule has 16 heavy (non-hydrogen) atoms. The molecule has 2 rings (SSSR count). The lowest BCUT2D eigenvalue weighted by atomic mass is 9.59. The Labute approximate surface area is 97.9 Å². The van der Waals surface area contributed by atoms with Gasteiger partial charge in [-0.2, -0.15) is 0 Å². The third kappa shape index (κ3) is 1.09. The van der Waals surface area contributed by atoms with Gasteiger partial charge < -0.3 is 0 Å². The van der Waals surface area contributed by atoms with Gasteiger partial charge in [-0.25, -0.2) is 4.39 Å². The Morgan fingerprint density at radius 1 is 0.812 bits per heavy atom. The standard InChI is InChI=1S/C15H21F/c1-13(2)11-8-7-10(16)9-12(11)14(3,4)15(13,5)6/h7-9H,1-6H3. The van der Waals surface area contributed by atoms with Crippen LogP contribution in [0.2, 0.25) is 0 Å². The van der Waals surface area contributed by atoms with Gasteiger partial charge >= 0.3 is 0 Å². The molecule has 0 spiro atoms. The first-order valence-electron chi connectivity index (χ1n) is 5.93. The predicted octanol–water partition coefficient (Wildman–Crippen LogP) is 4.42. The Morgan fingerprint density at radius 2 is 1.31 bits per heavy atom. The molecule has 0 aromatic heterocycles. The number of fused-ring (bicyclic) bond motifs is 1. The van der Waals surface area contributed by atoms with E-state index in [1.165, 1.54) is 11.1 Å². The summed E-state index contributed by atoms with van der Waals surface area (Å²) in [6.07, 6.45) is 0. The number of rotatable bonds is 0. The van der Waals surface area contributed by atoms with Crippen LogP contribution in [0.3, 0.4) is 0 Å². The summed E-state index contributed by atoms with van der Waals surface area (Å²) in [5.74, 6) is -0.125. The molecular formula is C15H21F. The van der Waals surface area contributed by atoms with Gasteiger partial charge in [0.05, 0.1) is 0 Å². The molecule has 1 heteroatoms. The van der Waals surface area contributed by atoms with Crippen LogP contribution in [0.15, 0.2) is 18.2 Å². The molecule has 1 aliphatic carbocycles. The van der Waals surface area contributed by atoms with Crippen molar-refractivity contribution in [3.05, 3.63) is 35.1 Å². The van der Waals surface area contributed by atoms with Crippen LogP contribution in [-0.4, -0.2) is 0 Å². The van der Waals surface area contributed by atoms with Gasteiger partial charge in [0.1, 0.15) is 5.82 Å². The normalized spacial score (nSPS) is 24.2. The summed E-state index contributed by atoms with van der Waals surface area (Å²) in [6, 6.07) is 5.26. The monoisotopic (exact) mass is 220 g/mol. The van der Waals surface area contributed by atoms with E-state index in [0.717, 1.165) is 0 Å². The fourth-order valence-corrected chi connectivity index (χ4v) is 3.03. The molecule has 0 heterocycles. The lowest BCUT2D eigenvalue weighted by molar-refractivity contribution is 0.125. The van der Waals surface area contributed by atoms with Crippen LogP contribution in [-0.2, 0) is 10.8 Å². The van der Waals surface area contributed by atoms with Crippen molar-refractivity contribution in [1.29, 1.82) is 0 Å². The second kappa shape index (κ2) is 2.88. The minimum absolute atomic E-state index is 0.00787. The maximum atomic E-state index is 13.4. The zero-order valence-corrected chi connectivity index (χ0v) is 11.1. The summed E-state index contributed by atoms with van der Waals surface area (Å²) in [7, 11) is 0.